The molecule has 0 heterocycles. The summed E-state index contributed by atoms with van der Waals surface area (Å²) in [7, 11) is 1.43. The van der Waals surface area contributed by atoms with E-state index in [1.807, 2.05) is 14.0 Å². The second-order valence-electron chi connectivity index (χ2n) is 5.35. The molecule has 6 nitrogen and oxygen atoms in total. The van der Waals surface area contributed by atoms with Gasteiger partial charge in [0.1, 0.15) is 0 Å². The highest BCUT2D eigenvalue weighted by Gasteiger charge is 2.17. The van der Waals surface area contributed by atoms with Gasteiger partial charge in [-0.1, -0.05) is 12.1 Å². The maximum atomic E-state index is 12.0. The molecule has 124 valence electrons. The number of rotatable bonds is 8. The van der Waals surface area contributed by atoms with Gasteiger partial charge in [-0.3, -0.25) is 4.79 Å². The molecule has 0 aromatic heterocycles. The quantitative estimate of drug-likeness (QED) is 0.701. The van der Waals surface area contributed by atoms with Gasteiger partial charge in [-0.2, -0.15) is 0 Å². The van der Waals surface area contributed by atoms with Gasteiger partial charge in [-0.25, -0.2) is 12.7 Å². The zero-order valence-electron chi connectivity index (χ0n) is 13.6. The minimum atomic E-state index is -3.42. The van der Waals surface area contributed by atoms with Crippen molar-refractivity contribution in [2.45, 2.75) is 30.7 Å². The molecule has 0 saturated carbocycles. The Morgan fingerprint density at radius 1 is 1.23 bits per heavy atom. The Bertz CT molecular complexity index is 583. The van der Waals surface area contributed by atoms with E-state index in [0.717, 1.165) is 18.5 Å². The first-order valence-corrected chi connectivity index (χ1v) is 8.69. The molecule has 0 fully saturated rings. The van der Waals surface area contributed by atoms with Crippen LogP contribution in [0.25, 0.3) is 0 Å². The molecule has 1 rings (SSSR count). The molecule has 22 heavy (non-hydrogen) atoms. The molecule has 1 amide bonds. The Morgan fingerprint density at radius 3 is 2.32 bits per heavy atom. The first-order chi connectivity index (χ1) is 10.3. The molecule has 1 aromatic rings. The lowest BCUT2D eigenvalue weighted by atomic mass is 10.1. The lowest BCUT2D eigenvalue weighted by Crippen LogP contribution is -2.27. The zero-order chi connectivity index (χ0) is 16.8. The van der Waals surface area contributed by atoms with Crippen molar-refractivity contribution in [3.63, 3.8) is 0 Å². The molecule has 0 radical (unpaired) electrons. The fraction of sp³-hybridized carbons (Fsp3) is 0.533. The highest BCUT2D eigenvalue weighted by atomic mass is 32.2. The van der Waals surface area contributed by atoms with Crippen LogP contribution in [-0.4, -0.2) is 46.3 Å². The highest BCUT2D eigenvalue weighted by Crippen LogP contribution is 2.18. The third-order valence-corrected chi connectivity index (χ3v) is 5.20. The summed E-state index contributed by atoms with van der Waals surface area (Å²) in [6.45, 7) is 2.68. The van der Waals surface area contributed by atoms with Gasteiger partial charge in [-0.15, -0.1) is 0 Å². The fourth-order valence-electron chi connectivity index (χ4n) is 1.96. The summed E-state index contributed by atoms with van der Waals surface area (Å²) in [6.07, 6.45) is 1.26. The minimum absolute atomic E-state index is 0.00672. The monoisotopic (exact) mass is 327 g/mol. The lowest BCUT2D eigenvalue weighted by molar-refractivity contribution is -0.121. The second-order valence-corrected chi connectivity index (χ2v) is 7.50. The van der Waals surface area contributed by atoms with E-state index in [2.05, 4.69) is 10.6 Å². The molecular weight excluding hydrogens is 302 g/mol. The van der Waals surface area contributed by atoms with Crippen molar-refractivity contribution in [2.24, 2.45) is 0 Å². The Labute approximate surface area is 132 Å². The molecule has 0 aliphatic heterocycles. The van der Waals surface area contributed by atoms with E-state index < -0.39 is 10.0 Å². The first-order valence-electron chi connectivity index (χ1n) is 7.25. The van der Waals surface area contributed by atoms with Crippen molar-refractivity contribution in [1.29, 1.82) is 0 Å². The summed E-state index contributed by atoms with van der Waals surface area (Å²) in [4.78, 5) is 12.0. The van der Waals surface area contributed by atoms with Crippen molar-refractivity contribution in [3.8, 4) is 0 Å². The number of nitrogens with one attached hydrogen (secondary N) is 2. The van der Waals surface area contributed by atoms with Crippen molar-refractivity contribution < 1.29 is 13.2 Å². The van der Waals surface area contributed by atoms with Crippen LogP contribution >= 0.6 is 0 Å². The van der Waals surface area contributed by atoms with E-state index in [0.29, 0.717) is 6.42 Å². The topological polar surface area (TPSA) is 78.5 Å². The molecule has 0 spiro atoms. The van der Waals surface area contributed by atoms with Gasteiger partial charge in [0.15, 0.2) is 0 Å². The largest absolute Gasteiger partial charge is 0.350 e. The summed E-state index contributed by atoms with van der Waals surface area (Å²) in [5.41, 5.74) is 0.875. The molecule has 0 aliphatic carbocycles. The maximum absolute atomic E-state index is 12.0. The number of benzene rings is 1. The number of sulfonamides is 1. The van der Waals surface area contributed by atoms with Crippen molar-refractivity contribution in [2.75, 3.05) is 27.7 Å². The van der Waals surface area contributed by atoms with Crippen LogP contribution in [0.4, 0.5) is 0 Å². The molecule has 0 bridgehead atoms. The number of carbonyl (C=O) groups is 1. The number of hydrogen-bond donors (Lipinski definition) is 2. The summed E-state index contributed by atoms with van der Waals surface area (Å²) in [5, 5.41) is 5.91. The van der Waals surface area contributed by atoms with Crippen molar-refractivity contribution in [1.82, 2.24) is 14.9 Å². The van der Waals surface area contributed by atoms with Gasteiger partial charge < -0.3 is 10.6 Å². The molecule has 1 unspecified atom stereocenters. The van der Waals surface area contributed by atoms with Crippen LogP contribution in [0.2, 0.25) is 0 Å². The Kier molecular flexibility index (Phi) is 6.99. The zero-order valence-corrected chi connectivity index (χ0v) is 14.4. The molecule has 0 saturated heterocycles. The fourth-order valence-corrected chi connectivity index (χ4v) is 2.86. The predicted octanol–water partition coefficient (Wildman–Crippen LogP) is 1.11. The third kappa shape index (κ3) is 5.08. The van der Waals surface area contributed by atoms with Crippen molar-refractivity contribution >= 4 is 15.9 Å². The Morgan fingerprint density at radius 2 is 1.82 bits per heavy atom. The van der Waals surface area contributed by atoms with E-state index in [-0.39, 0.29) is 16.8 Å². The number of nitrogens with zero attached hydrogens (tertiary/aromatic N) is 1. The molecule has 1 atom stereocenters. The summed E-state index contributed by atoms with van der Waals surface area (Å²) < 4.78 is 25.2. The van der Waals surface area contributed by atoms with Gasteiger partial charge in [0, 0.05) is 20.5 Å². The van der Waals surface area contributed by atoms with Crippen LogP contribution in [0, 0.1) is 0 Å². The van der Waals surface area contributed by atoms with Gasteiger partial charge >= 0.3 is 0 Å². The molecule has 0 aliphatic rings. The van der Waals surface area contributed by atoms with Crippen LogP contribution < -0.4 is 10.6 Å². The number of hydrogen-bond acceptors (Lipinski definition) is 4. The lowest BCUT2D eigenvalue weighted by Gasteiger charge is -2.16. The summed E-state index contributed by atoms with van der Waals surface area (Å²) >= 11 is 0. The average molecular weight is 327 g/mol. The number of amides is 1. The van der Waals surface area contributed by atoms with Crippen LogP contribution in [-0.2, 0) is 14.8 Å². The van der Waals surface area contributed by atoms with Crippen LogP contribution in [0.1, 0.15) is 31.4 Å². The van der Waals surface area contributed by atoms with E-state index in [1.165, 1.54) is 18.4 Å². The average Bonchev–Trinajstić information content (AvgIpc) is 2.47. The van der Waals surface area contributed by atoms with Gasteiger partial charge in [0.2, 0.25) is 15.9 Å². The number of carbonyl (C=O) groups excluding carboxylic acids is 1. The SMILES string of the molecule is CNCCCC(=O)NC(C)c1ccc(S(=O)(=O)N(C)C)cc1. The maximum Gasteiger partial charge on any atom is 0.242 e. The normalized spacial score (nSPS) is 13.1. The van der Waals surface area contributed by atoms with Crippen LogP contribution in [0.5, 0.6) is 0 Å². The Hall–Kier alpha value is -1.44. The highest BCUT2D eigenvalue weighted by molar-refractivity contribution is 7.89. The standard InChI is InChI=1S/C15H25N3O3S/c1-12(17-15(19)6-5-11-16-2)13-7-9-14(10-8-13)22(20,21)18(3)4/h7-10,12,16H,5-6,11H2,1-4H3,(H,17,19). The molecular formula is C15H25N3O3S. The van der Waals surface area contributed by atoms with E-state index in [9.17, 15) is 13.2 Å². The van der Waals surface area contributed by atoms with Gasteiger partial charge in [0.05, 0.1) is 10.9 Å². The van der Waals surface area contributed by atoms with E-state index >= 15 is 0 Å². The smallest absolute Gasteiger partial charge is 0.242 e. The molecule has 7 heteroatoms. The van der Waals surface area contributed by atoms with Crippen LogP contribution in [0.3, 0.4) is 0 Å². The Balaban J connectivity index is 2.68. The van der Waals surface area contributed by atoms with Crippen LogP contribution in [0.15, 0.2) is 29.2 Å². The molecule has 2 N–H and O–H groups in total. The third-order valence-electron chi connectivity index (χ3n) is 3.37. The summed E-state index contributed by atoms with van der Waals surface area (Å²) in [5.74, 6) is -0.00672. The molecule has 1 aromatic carbocycles. The van der Waals surface area contributed by atoms with E-state index in [1.54, 1.807) is 24.3 Å². The predicted molar refractivity (Wildman–Crippen MR) is 87.0 cm³/mol. The summed E-state index contributed by atoms with van der Waals surface area (Å²) in [6, 6.07) is 6.44. The first kappa shape index (κ1) is 18.6. The second kappa shape index (κ2) is 8.26. The van der Waals surface area contributed by atoms with Crippen molar-refractivity contribution in [3.05, 3.63) is 29.8 Å². The minimum Gasteiger partial charge on any atom is -0.350 e. The van der Waals surface area contributed by atoms with E-state index in [4.69, 9.17) is 0 Å². The van der Waals surface area contributed by atoms with Gasteiger partial charge in [0.25, 0.3) is 0 Å². The van der Waals surface area contributed by atoms with Gasteiger partial charge in [-0.05, 0) is 44.6 Å².